The molecule has 1 fully saturated rings. The minimum atomic E-state index is -0.111. The van der Waals surface area contributed by atoms with Crippen molar-refractivity contribution < 1.29 is 4.79 Å². The summed E-state index contributed by atoms with van der Waals surface area (Å²) in [5.41, 5.74) is 7.17. The number of carbonyl (C=O) groups is 1. The largest absolute Gasteiger partial charge is 0.345 e. The van der Waals surface area contributed by atoms with Gasteiger partial charge in [0.05, 0.1) is 6.20 Å². The molecule has 1 saturated heterocycles. The summed E-state index contributed by atoms with van der Waals surface area (Å²) in [7, 11) is 0. The van der Waals surface area contributed by atoms with Crippen molar-refractivity contribution >= 4 is 16.8 Å². The molecule has 0 spiro atoms. The number of aromatic nitrogens is 3. The van der Waals surface area contributed by atoms with Gasteiger partial charge in [-0.05, 0) is 75.8 Å². The molecule has 0 radical (unpaired) electrons. The highest BCUT2D eigenvalue weighted by Crippen LogP contribution is 2.36. The van der Waals surface area contributed by atoms with Crippen LogP contribution in [0.1, 0.15) is 43.5 Å². The Balaban J connectivity index is 1.29. The van der Waals surface area contributed by atoms with E-state index in [4.69, 9.17) is 0 Å². The molecule has 1 aliphatic rings. The number of hydrogen-bond donors (Lipinski definition) is 1. The smallest absolute Gasteiger partial charge is 0.223 e. The van der Waals surface area contributed by atoms with Crippen LogP contribution < -0.4 is 0 Å². The first-order chi connectivity index (χ1) is 16.3. The van der Waals surface area contributed by atoms with Crippen molar-refractivity contribution in [3.8, 4) is 11.1 Å². The third-order valence-corrected chi connectivity index (χ3v) is 7.39. The van der Waals surface area contributed by atoms with Crippen LogP contribution in [-0.2, 0) is 17.8 Å². The highest BCUT2D eigenvalue weighted by Gasteiger charge is 2.40. The lowest BCUT2D eigenvalue weighted by molar-refractivity contribution is -0.134. The number of fused-ring (bicyclic) bond motifs is 1. The molecule has 3 heterocycles. The number of hydrogen-bond acceptors (Lipinski definition) is 2. The van der Waals surface area contributed by atoms with E-state index >= 15 is 0 Å². The first-order valence-electron chi connectivity index (χ1n) is 12.3. The molecule has 2 aromatic carbocycles. The average Bonchev–Trinajstić information content (AvgIpc) is 3.51. The van der Waals surface area contributed by atoms with Gasteiger partial charge in [-0.1, -0.05) is 35.9 Å². The van der Waals surface area contributed by atoms with Gasteiger partial charge in [0.1, 0.15) is 0 Å². The van der Waals surface area contributed by atoms with Crippen LogP contribution in [0.25, 0.3) is 22.0 Å². The van der Waals surface area contributed by atoms with Crippen LogP contribution in [0.3, 0.4) is 0 Å². The maximum Gasteiger partial charge on any atom is 0.223 e. The number of carbonyl (C=O) groups excluding carboxylic acids is 1. The van der Waals surface area contributed by atoms with E-state index in [1.165, 1.54) is 33.3 Å². The second-order valence-electron chi connectivity index (χ2n) is 10.5. The molecule has 0 bridgehead atoms. The Morgan fingerprint density at radius 2 is 1.88 bits per heavy atom. The number of aromatic amines is 1. The fraction of sp³-hybridized carbons (Fsp3) is 0.379. The van der Waals surface area contributed by atoms with E-state index in [9.17, 15) is 4.79 Å². The second-order valence-corrected chi connectivity index (χ2v) is 10.5. The van der Waals surface area contributed by atoms with Gasteiger partial charge in [-0.3, -0.25) is 9.89 Å². The Labute approximate surface area is 201 Å². The van der Waals surface area contributed by atoms with E-state index in [0.717, 1.165) is 31.5 Å². The van der Waals surface area contributed by atoms with Crippen LogP contribution in [0.4, 0.5) is 0 Å². The number of likely N-dealkylation sites (tertiary alicyclic amines) is 1. The summed E-state index contributed by atoms with van der Waals surface area (Å²) in [6.07, 6.45) is 6.18. The summed E-state index contributed by atoms with van der Waals surface area (Å²) in [5, 5.41) is 8.22. The normalized spacial score (nSPS) is 17.5. The summed E-state index contributed by atoms with van der Waals surface area (Å²) in [6, 6.07) is 17.4. The lowest BCUT2D eigenvalue weighted by Crippen LogP contribution is -2.42. The molecule has 0 aliphatic carbocycles. The third kappa shape index (κ3) is 4.39. The zero-order chi connectivity index (χ0) is 23.9. The maximum atomic E-state index is 13.2. The fourth-order valence-electron chi connectivity index (χ4n) is 5.59. The van der Waals surface area contributed by atoms with Gasteiger partial charge < -0.3 is 9.47 Å². The second kappa shape index (κ2) is 8.79. The quantitative estimate of drug-likeness (QED) is 0.394. The van der Waals surface area contributed by atoms with E-state index in [1.807, 2.05) is 12.4 Å². The number of nitrogens with zero attached hydrogens (tertiary/aromatic N) is 3. The molecule has 1 aliphatic heterocycles. The monoisotopic (exact) mass is 454 g/mol. The van der Waals surface area contributed by atoms with Crippen molar-refractivity contribution in [2.45, 2.75) is 59.0 Å². The minimum absolute atomic E-state index is 0.111. The summed E-state index contributed by atoms with van der Waals surface area (Å²) in [4.78, 5) is 15.3. The molecule has 1 atom stereocenters. The number of amides is 1. The van der Waals surface area contributed by atoms with E-state index in [1.54, 1.807) is 0 Å². The van der Waals surface area contributed by atoms with Gasteiger partial charge in [0, 0.05) is 53.4 Å². The van der Waals surface area contributed by atoms with E-state index in [-0.39, 0.29) is 11.4 Å². The number of benzene rings is 2. The van der Waals surface area contributed by atoms with Crippen molar-refractivity contribution in [3.05, 3.63) is 77.7 Å². The lowest BCUT2D eigenvalue weighted by Gasteiger charge is -2.31. The van der Waals surface area contributed by atoms with Crippen molar-refractivity contribution in [2.24, 2.45) is 5.92 Å². The highest BCUT2D eigenvalue weighted by atomic mass is 16.2. The Hall–Kier alpha value is -3.34. The first kappa shape index (κ1) is 22.5. The van der Waals surface area contributed by atoms with Gasteiger partial charge >= 0.3 is 0 Å². The Kier molecular flexibility index (Phi) is 5.80. The molecule has 5 rings (SSSR count). The molecular formula is C29H34N4O. The van der Waals surface area contributed by atoms with E-state index < -0.39 is 0 Å². The fourth-order valence-corrected chi connectivity index (χ4v) is 5.59. The molecule has 5 heteroatoms. The highest BCUT2D eigenvalue weighted by molar-refractivity contribution is 5.86. The molecular weight excluding hydrogens is 420 g/mol. The molecule has 5 nitrogen and oxygen atoms in total. The summed E-state index contributed by atoms with van der Waals surface area (Å²) < 4.78 is 2.43. The number of rotatable bonds is 6. The summed E-state index contributed by atoms with van der Waals surface area (Å²) >= 11 is 0. The van der Waals surface area contributed by atoms with Crippen LogP contribution >= 0.6 is 0 Å². The number of H-pyrrole nitrogens is 1. The predicted molar refractivity (Wildman–Crippen MR) is 138 cm³/mol. The minimum Gasteiger partial charge on any atom is -0.345 e. The van der Waals surface area contributed by atoms with Crippen LogP contribution in [0.15, 0.2) is 60.9 Å². The summed E-state index contributed by atoms with van der Waals surface area (Å²) in [6.45, 7) is 10.5. The summed E-state index contributed by atoms with van der Waals surface area (Å²) in [5.74, 6) is 0.716. The maximum absolute atomic E-state index is 13.2. The first-order valence-corrected chi connectivity index (χ1v) is 12.3. The van der Waals surface area contributed by atoms with Crippen molar-refractivity contribution in [1.82, 2.24) is 19.7 Å². The molecule has 4 aromatic rings. The van der Waals surface area contributed by atoms with Gasteiger partial charge in [-0.25, -0.2) is 0 Å². The zero-order valence-electron chi connectivity index (χ0n) is 20.6. The van der Waals surface area contributed by atoms with Gasteiger partial charge in [-0.2, -0.15) is 5.10 Å². The Bertz CT molecular complexity index is 1300. The Morgan fingerprint density at radius 3 is 2.62 bits per heavy atom. The van der Waals surface area contributed by atoms with Crippen molar-refractivity contribution in [2.75, 3.05) is 6.54 Å². The van der Waals surface area contributed by atoms with Crippen LogP contribution in [-0.4, -0.2) is 37.7 Å². The molecule has 176 valence electrons. The lowest BCUT2D eigenvalue weighted by atomic mass is 9.96. The molecule has 1 unspecified atom stereocenters. The number of nitrogens with one attached hydrogen (secondary N) is 1. The average molecular weight is 455 g/mol. The van der Waals surface area contributed by atoms with Crippen LogP contribution in [0.5, 0.6) is 0 Å². The zero-order valence-corrected chi connectivity index (χ0v) is 20.6. The van der Waals surface area contributed by atoms with E-state index in [2.05, 4.69) is 95.9 Å². The topological polar surface area (TPSA) is 53.9 Å². The third-order valence-electron chi connectivity index (χ3n) is 7.39. The Morgan fingerprint density at radius 1 is 1.09 bits per heavy atom. The number of aryl methyl sites for hydroxylation is 3. The SMILES string of the molecule is Cc1ccc(CCC(=O)N2CC(Cn3c(C)cc4cc(-c5cn[nH]c5)ccc43)CC2(C)C)cc1. The molecule has 0 saturated carbocycles. The van der Waals surface area contributed by atoms with Crippen LogP contribution in [0.2, 0.25) is 0 Å². The van der Waals surface area contributed by atoms with Gasteiger partial charge in [0.2, 0.25) is 5.91 Å². The van der Waals surface area contributed by atoms with Crippen LogP contribution in [0, 0.1) is 19.8 Å². The standard InChI is InChI=1S/C29H34N4O/c1-20-5-7-22(8-6-20)9-12-28(34)33-19-23(15-29(33,3)4)18-32-21(2)13-25-14-24(10-11-27(25)32)26-16-30-31-17-26/h5-8,10-11,13-14,16-17,23H,9,12,15,18-19H2,1-4H3,(H,30,31). The van der Waals surface area contributed by atoms with Crippen molar-refractivity contribution in [3.63, 3.8) is 0 Å². The van der Waals surface area contributed by atoms with Gasteiger partial charge in [0.15, 0.2) is 0 Å². The van der Waals surface area contributed by atoms with Gasteiger partial charge in [0.25, 0.3) is 0 Å². The van der Waals surface area contributed by atoms with Crippen molar-refractivity contribution in [1.29, 1.82) is 0 Å². The molecule has 2 aromatic heterocycles. The molecule has 1 N–H and O–H groups in total. The predicted octanol–water partition coefficient (Wildman–Crippen LogP) is 5.91. The van der Waals surface area contributed by atoms with E-state index in [0.29, 0.717) is 12.3 Å². The molecule has 34 heavy (non-hydrogen) atoms. The molecule has 1 amide bonds. The van der Waals surface area contributed by atoms with Gasteiger partial charge in [-0.15, -0.1) is 0 Å².